The minimum Gasteiger partial charge on any atom is -0.480 e. The van der Waals surface area contributed by atoms with E-state index in [0.29, 0.717) is 0 Å². The summed E-state index contributed by atoms with van der Waals surface area (Å²) in [6.07, 6.45) is -0.773. The van der Waals surface area contributed by atoms with Crippen LogP contribution in [0, 0.1) is 0 Å². The lowest BCUT2D eigenvalue weighted by Crippen LogP contribution is -2.55. The van der Waals surface area contributed by atoms with Gasteiger partial charge in [0.1, 0.15) is 29.8 Å². The van der Waals surface area contributed by atoms with Gasteiger partial charge < -0.3 is 31.1 Å². The Labute approximate surface area is 163 Å². The summed E-state index contributed by atoms with van der Waals surface area (Å²) in [4.78, 5) is 58.5. The predicted molar refractivity (Wildman–Crippen MR) is 99.3 cm³/mol. The molecule has 0 saturated heterocycles. The van der Waals surface area contributed by atoms with E-state index in [1.165, 1.54) is 27.7 Å². The van der Waals surface area contributed by atoms with Crippen LogP contribution in [0.4, 0.5) is 4.79 Å². The molecule has 5 N–H and O–H groups in total. The van der Waals surface area contributed by atoms with E-state index in [1.807, 2.05) is 0 Å². The van der Waals surface area contributed by atoms with Crippen molar-refractivity contribution in [1.82, 2.24) is 21.3 Å². The highest BCUT2D eigenvalue weighted by molar-refractivity contribution is 5.94. The monoisotopic (exact) mass is 402 g/mol. The highest BCUT2D eigenvalue weighted by Gasteiger charge is 2.26. The SMILES string of the molecule is C[C@H](NC(=O)[C@H](C)NC(=O)[C@H](C)NC(=O)[C@H](C)NC(=O)OC(C)(C)C)C(=O)O. The Morgan fingerprint density at radius 2 is 1.00 bits per heavy atom. The van der Waals surface area contributed by atoms with Gasteiger partial charge in [0.15, 0.2) is 0 Å². The van der Waals surface area contributed by atoms with Gasteiger partial charge in [-0.3, -0.25) is 19.2 Å². The number of rotatable bonds is 8. The Morgan fingerprint density at radius 3 is 1.32 bits per heavy atom. The van der Waals surface area contributed by atoms with Crippen LogP contribution < -0.4 is 21.3 Å². The molecule has 0 rings (SSSR count). The quantitative estimate of drug-likeness (QED) is 0.365. The predicted octanol–water partition coefficient (Wildman–Crippen LogP) is -0.502. The summed E-state index contributed by atoms with van der Waals surface area (Å²) in [6, 6.07) is -4.07. The van der Waals surface area contributed by atoms with Gasteiger partial charge in [0.25, 0.3) is 0 Å². The molecule has 0 fully saturated rings. The van der Waals surface area contributed by atoms with Gasteiger partial charge in [-0.05, 0) is 48.5 Å². The zero-order chi connectivity index (χ0) is 22.2. The number of carbonyl (C=O) groups is 5. The first-order valence-corrected chi connectivity index (χ1v) is 8.77. The molecule has 0 bridgehead atoms. The van der Waals surface area contributed by atoms with Gasteiger partial charge in [0.2, 0.25) is 17.7 Å². The maximum absolute atomic E-state index is 12.1. The van der Waals surface area contributed by atoms with Crippen molar-refractivity contribution in [1.29, 1.82) is 0 Å². The fraction of sp³-hybridized carbons (Fsp3) is 0.706. The molecule has 0 radical (unpaired) electrons. The van der Waals surface area contributed by atoms with Crippen LogP contribution in [-0.4, -0.2) is 64.7 Å². The number of alkyl carbamates (subject to hydrolysis) is 1. The molecule has 4 amide bonds. The lowest BCUT2D eigenvalue weighted by atomic mass is 10.2. The summed E-state index contributed by atoms with van der Waals surface area (Å²) in [5.74, 6) is -3.16. The van der Waals surface area contributed by atoms with Gasteiger partial charge in [-0.2, -0.15) is 0 Å². The average Bonchev–Trinajstić information content (AvgIpc) is 2.52. The molecule has 0 saturated carbocycles. The molecule has 0 heterocycles. The number of nitrogens with one attached hydrogen (secondary N) is 4. The largest absolute Gasteiger partial charge is 0.480 e. The van der Waals surface area contributed by atoms with E-state index in [-0.39, 0.29) is 0 Å². The Bertz CT molecular complexity index is 615. The van der Waals surface area contributed by atoms with Crippen LogP contribution in [0.25, 0.3) is 0 Å². The second kappa shape index (κ2) is 10.5. The molecule has 0 aromatic heterocycles. The third kappa shape index (κ3) is 9.74. The van der Waals surface area contributed by atoms with Crippen LogP contribution >= 0.6 is 0 Å². The van der Waals surface area contributed by atoms with Crippen molar-refractivity contribution in [3.63, 3.8) is 0 Å². The van der Waals surface area contributed by atoms with Gasteiger partial charge in [-0.1, -0.05) is 0 Å². The first-order valence-electron chi connectivity index (χ1n) is 8.77. The van der Waals surface area contributed by atoms with E-state index in [4.69, 9.17) is 9.84 Å². The standard InChI is InChI=1S/C17H30N4O7/c1-8(12(22)18-9(2)13(23)20-11(4)15(25)26)19-14(24)10(3)21-16(27)28-17(5,6)7/h8-11H,1-7H3,(H,18,22)(H,19,24)(H,20,23)(H,21,27)(H,25,26)/t8-,9-,10-,11-/m0/s1. The number of carboxylic acids is 1. The van der Waals surface area contributed by atoms with Crippen molar-refractivity contribution < 1.29 is 33.8 Å². The van der Waals surface area contributed by atoms with E-state index in [1.54, 1.807) is 20.8 Å². The van der Waals surface area contributed by atoms with Crippen LogP contribution in [0.3, 0.4) is 0 Å². The van der Waals surface area contributed by atoms with Crippen LogP contribution in [0.1, 0.15) is 48.5 Å². The Hall–Kier alpha value is -2.85. The van der Waals surface area contributed by atoms with Gasteiger partial charge in [0, 0.05) is 0 Å². The summed E-state index contributed by atoms with van der Waals surface area (Å²) in [6.45, 7) is 10.5. The first kappa shape index (κ1) is 25.1. The van der Waals surface area contributed by atoms with E-state index in [0.717, 1.165) is 0 Å². The number of carbonyl (C=O) groups excluding carboxylic acids is 4. The van der Waals surface area contributed by atoms with E-state index < -0.39 is 59.6 Å². The number of aliphatic carboxylic acids is 1. The van der Waals surface area contributed by atoms with Crippen LogP contribution in [-0.2, 0) is 23.9 Å². The fourth-order valence-electron chi connectivity index (χ4n) is 1.76. The molecule has 0 aliphatic carbocycles. The second-order valence-corrected chi connectivity index (χ2v) is 7.40. The smallest absolute Gasteiger partial charge is 0.408 e. The number of hydrogen-bond acceptors (Lipinski definition) is 6. The lowest BCUT2D eigenvalue weighted by molar-refractivity contribution is -0.141. The van der Waals surface area contributed by atoms with Crippen molar-refractivity contribution in [2.24, 2.45) is 0 Å². The lowest BCUT2D eigenvalue weighted by Gasteiger charge is -2.23. The van der Waals surface area contributed by atoms with E-state index in [9.17, 15) is 24.0 Å². The van der Waals surface area contributed by atoms with Crippen molar-refractivity contribution in [2.45, 2.75) is 78.2 Å². The molecule has 11 nitrogen and oxygen atoms in total. The highest BCUT2D eigenvalue weighted by Crippen LogP contribution is 2.06. The number of carboxylic acid groups (broad SMARTS) is 1. The molecule has 0 unspecified atom stereocenters. The van der Waals surface area contributed by atoms with E-state index >= 15 is 0 Å². The fourth-order valence-corrected chi connectivity index (χ4v) is 1.76. The second-order valence-electron chi connectivity index (χ2n) is 7.40. The molecule has 0 aromatic carbocycles. The third-order valence-electron chi connectivity index (χ3n) is 3.36. The summed E-state index contributed by atoms with van der Waals surface area (Å²) >= 11 is 0. The summed E-state index contributed by atoms with van der Waals surface area (Å²) in [7, 11) is 0. The first-order chi connectivity index (χ1) is 12.6. The van der Waals surface area contributed by atoms with Crippen molar-refractivity contribution in [3.05, 3.63) is 0 Å². The Balaban J connectivity index is 4.56. The molecule has 0 spiro atoms. The zero-order valence-corrected chi connectivity index (χ0v) is 17.2. The summed E-state index contributed by atoms with van der Waals surface area (Å²) in [5, 5.41) is 18.1. The minimum atomic E-state index is -1.21. The molecule has 0 aliphatic rings. The normalized spacial score (nSPS) is 15.2. The Morgan fingerprint density at radius 1 is 0.679 bits per heavy atom. The molecule has 4 atom stereocenters. The van der Waals surface area contributed by atoms with Crippen molar-refractivity contribution in [2.75, 3.05) is 0 Å². The Kier molecular flexibility index (Phi) is 9.41. The van der Waals surface area contributed by atoms with Crippen LogP contribution in [0.5, 0.6) is 0 Å². The summed E-state index contributed by atoms with van der Waals surface area (Å²) in [5.41, 5.74) is -0.720. The molecule has 0 aliphatic heterocycles. The highest BCUT2D eigenvalue weighted by atomic mass is 16.6. The molecule has 28 heavy (non-hydrogen) atoms. The number of ether oxygens (including phenoxy) is 1. The van der Waals surface area contributed by atoms with Crippen molar-refractivity contribution >= 4 is 29.8 Å². The van der Waals surface area contributed by atoms with E-state index in [2.05, 4.69) is 21.3 Å². The summed E-state index contributed by atoms with van der Waals surface area (Å²) < 4.78 is 5.04. The zero-order valence-electron chi connectivity index (χ0n) is 17.2. The van der Waals surface area contributed by atoms with Gasteiger partial charge in [-0.15, -0.1) is 0 Å². The molecule has 11 heteroatoms. The van der Waals surface area contributed by atoms with Gasteiger partial charge in [-0.25, -0.2) is 4.79 Å². The maximum Gasteiger partial charge on any atom is 0.408 e. The average molecular weight is 402 g/mol. The van der Waals surface area contributed by atoms with Gasteiger partial charge >= 0.3 is 12.1 Å². The van der Waals surface area contributed by atoms with Crippen LogP contribution in [0.15, 0.2) is 0 Å². The van der Waals surface area contributed by atoms with Gasteiger partial charge in [0.05, 0.1) is 0 Å². The van der Waals surface area contributed by atoms with Crippen LogP contribution in [0.2, 0.25) is 0 Å². The molecular formula is C17H30N4O7. The number of amides is 4. The molecule has 160 valence electrons. The minimum absolute atomic E-state index is 0.620. The van der Waals surface area contributed by atoms with Crippen molar-refractivity contribution in [3.8, 4) is 0 Å². The third-order valence-corrected chi connectivity index (χ3v) is 3.36. The molecule has 0 aromatic rings. The maximum atomic E-state index is 12.1. The number of hydrogen-bond donors (Lipinski definition) is 5. The topological polar surface area (TPSA) is 163 Å². The molecular weight excluding hydrogens is 372 g/mol.